The van der Waals surface area contributed by atoms with Crippen molar-refractivity contribution in [2.45, 2.75) is 115 Å². The molecule has 4 heterocycles. The number of amides is 2. The summed E-state index contributed by atoms with van der Waals surface area (Å²) in [6.45, 7) is 11.8. The van der Waals surface area contributed by atoms with Crippen LogP contribution in [0.2, 0.25) is 0 Å². The zero-order chi connectivity index (χ0) is 39.8. The van der Waals surface area contributed by atoms with Gasteiger partial charge in [-0.2, -0.15) is 8.78 Å². The van der Waals surface area contributed by atoms with Crippen molar-refractivity contribution in [3.05, 3.63) is 83.6 Å². The fourth-order valence-corrected chi connectivity index (χ4v) is 9.84. The number of piperidine rings is 1. The van der Waals surface area contributed by atoms with Crippen molar-refractivity contribution in [2.75, 3.05) is 6.54 Å². The molecule has 2 N–H and O–H groups in total. The van der Waals surface area contributed by atoms with E-state index >= 15 is 8.78 Å². The van der Waals surface area contributed by atoms with Crippen molar-refractivity contribution in [1.29, 1.82) is 0 Å². The smallest absolute Gasteiger partial charge is 0.411 e. The van der Waals surface area contributed by atoms with Gasteiger partial charge in [-0.25, -0.2) is 19.6 Å². The molecule has 2 saturated carbocycles. The maximum atomic E-state index is 16.5. The predicted molar refractivity (Wildman–Crippen MR) is 211 cm³/mol. The van der Waals surface area contributed by atoms with Crippen molar-refractivity contribution in [1.82, 2.24) is 29.7 Å². The molecule has 12 heteroatoms. The maximum Gasteiger partial charge on any atom is 0.411 e. The van der Waals surface area contributed by atoms with Gasteiger partial charge in [0.15, 0.2) is 0 Å². The van der Waals surface area contributed by atoms with Gasteiger partial charge < -0.3 is 19.4 Å². The van der Waals surface area contributed by atoms with Crippen LogP contribution < -0.4 is 0 Å². The average Bonchev–Trinajstić information content (AvgIpc) is 3.78. The summed E-state index contributed by atoms with van der Waals surface area (Å²) in [5.74, 6) is -1.56. The van der Waals surface area contributed by atoms with Gasteiger partial charge in [0.05, 0.1) is 35.0 Å². The number of carbonyl (C=O) groups excluding carboxylic acids is 2. The number of rotatable bonds is 4. The van der Waals surface area contributed by atoms with Crippen LogP contribution in [-0.4, -0.2) is 65.7 Å². The van der Waals surface area contributed by atoms with E-state index in [4.69, 9.17) is 14.5 Å². The van der Waals surface area contributed by atoms with Gasteiger partial charge in [0.2, 0.25) is 0 Å². The zero-order valence-electron chi connectivity index (χ0n) is 33.2. The Morgan fingerprint density at radius 3 is 2.16 bits per heavy atom. The molecular weight excluding hydrogens is 727 g/mol. The van der Waals surface area contributed by atoms with Crippen LogP contribution in [0.4, 0.5) is 18.4 Å². The fraction of sp³-hybridized carbons (Fsp3) is 0.467. The molecular formula is C45H48F2N6O4. The molecule has 5 aromatic rings. The topological polar surface area (TPSA) is 116 Å². The lowest BCUT2D eigenvalue weighted by Gasteiger charge is -2.35. The molecule has 1 spiro atoms. The van der Waals surface area contributed by atoms with Crippen LogP contribution in [0.5, 0.6) is 0 Å². The van der Waals surface area contributed by atoms with E-state index in [1.54, 1.807) is 35.4 Å². The number of ether oxygens (including phenoxy) is 2. The molecule has 57 heavy (non-hydrogen) atoms. The molecule has 3 aromatic carbocycles. The standard InChI is InChI=1S/C45H48F2N6O4/c1-42(2,3)56-40(54)52-23-44(15-16-44)21-36(52)38-48-22-35(51-38)26-9-13-30-29-12-8-24(18-31(29)45(46,47)32(30)19-26)25-10-14-33-34(20-25)50-39(49-33)37-27-7-11-28(17-27)53(37)41(55)57-43(4,5)6/h8-10,12-14,18-20,22,27-28,36-37H,7,11,15-17,21,23H2,1-6H3,(H,48,51)(H,49,50)/t27-,28+,36-,37-/m0/s1. The van der Waals surface area contributed by atoms with E-state index in [0.717, 1.165) is 60.9 Å². The van der Waals surface area contributed by atoms with Gasteiger partial charge in [0.25, 0.3) is 5.92 Å². The first-order valence-corrected chi connectivity index (χ1v) is 20.2. The van der Waals surface area contributed by atoms with Gasteiger partial charge in [-0.15, -0.1) is 0 Å². The van der Waals surface area contributed by atoms with Crippen molar-refractivity contribution in [2.24, 2.45) is 11.3 Å². The van der Waals surface area contributed by atoms with Crippen molar-refractivity contribution >= 4 is 23.2 Å². The lowest BCUT2D eigenvalue weighted by molar-refractivity contribution is 0.00615. The number of nitrogens with one attached hydrogen (secondary N) is 2. The summed E-state index contributed by atoms with van der Waals surface area (Å²) in [5.41, 5.74) is 4.02. The van der Waals surface area contributed by atoms with Crippen molar-refractivity contribution in [3.63, 3.8) is 0 Å². The molecule has 4 atom stereocenters. The third kappa shape index (κ3) is 6.09. The molecule has 2 saturated heterocycles. The van der Waals surface area contributed by atoms with Crippen LogP contribution in [0, 0.1) is 11.3 Å². The highest BCUT2D eigenvalue weighted by Crippen LogP contribution is 2.59. The minimum atomic E-state index is -3.23. The van der Waals surface area contributed by atoms with Crippen LogP contribution >= 0.6 is 0 Å². The third-order valence-corrected chi connectivity index (χ3v) is 12.6. The number of halogens is 2. The summed E-state index contributed by atoms with van der Waals surface area (Å²) in [5, 5.41) is 0. The number of H-pyrrole nitrogens is 2. The Labute approximate surface area is 330 Å². The Morgan fingerprint density at radius 2 is 1.46 bits per heavy atom. The lowest BCUT2D eigenvalue weighted by atomic mass is 9.98. The Kier molecular flexibility index (Phi) is 7.68. The second-order valence-corrected chi connectivity index (χ2v) is 19.0. The Morgan fingerprint density at radius 1 is 0.807 bits per heavy atom. The number of imidazole rings is 2. The average molecular weight is 775 g/mol. The van der Waals surface area contributed by atoms with E-state index in [9.17, 15) is 9.59 Å². The summed E-state index contributed by atoms with van der Waals surface area (Å²) in [7, 11) is 0. The number of benzene rings is 3. The molecule has 10 rings (SSSR count). The molecule has 0 unspecified atom stereocenters. The number of alkyl halides is 2. The second kappa shape index (κ2) is 12.1. The molecule has 4 fully saturated rings. The van der Waals surface area contributed by atoms with Gasteiger partial charge >= 0.3 is 12.2 Å². The first-order valence-electron chi connectivity index (χ1n) is 20.2. The van der Waals surface area contributed by atoms with Gasteiger partial charge in [0.1, 0.15) is 22.9 Å². The molecule has 2 aliphatic heterocycles. The minimum Gasteiger partial charge on any atom is -0.444 e. The summed E-state index contributed by atoms with van der Waals surface area (Å²) < 4.78 is 44.5. The molecule has 0 radical (unpaired) electrons. The highest BCUT2D eigenvalue weighted by molar-refractivity contribution is 5.87. The Balaban J connectivity index is 0.910. The molecule has 2 aromatic heterocycles. The molecule has 2 bridgehead atoms. The third-order valence-electron chi connectivity index (χ3n) is 12.6. The van der Waals surface area contributed by atoms with E-state index in [2.05, 4.69) is 15.0 Å². The van der Waals surface area contributed by atoms with Crippen molar-refractivity contribution in [3.8, 4) is 33.5 Å². The number of hydrogen-bond acceptors (Lipinski definition) is 6. The summed E-state index contributed by atoms with van der Waals surface area (Å²) in [6.07, 6.45) is 6.83. The highest BCUT2D eigenvalue weighted by Gasteiger charge is 2.55. The minimum absolute atomic E-state index is 0.0356. The number of aromatic nitrogens is 4. The second-order valence-electron chi connectivity index (χ2n) is 19.0. The molecule has 3 aliphatic carbocycles. The molecule has 10 nitrogen and oxygen atoms in total. The lowest BCUT2D eigenvalue weighted by Crippen LogP contribution is -2.43. The van der Waals surface area contributed by atoms with E-state index in [1.165, 1.54) is 0 Å². The number of carbonyl (C=O) groups is 2. The van der Waals surface area contributed by atoms with Crippen LogP contribution in [0.3, 0.4) is 0 Å². The first-order chi connectivity index (χ1) is 27.0. The molecule has 296 valence electrons. The highest BCUT2D eigenvalue weighted by atomic mass is 19.3. The van der Waals surface area contributed by atoms with Gasteiger partial charge in [-0.1, -0.05) is 30.3 Å². The van der Waals surface area contributed by atoms with Gasteiger partial charge in [-0.05, 0) is 138 Å². The van der Waals surface area contributed by atoms with Crippen LogP contribution in [0.25, 0.3) is 44.5 Å². The van der Waals surface area contributed by atoms with Crippen molar-refractivity contribution < 1.29 is 27.8 Å². The summed E-state index contributed by atoms with van der Waals surface area (Å²) >= 11 is 0. The van der Waals surface area contributed by atoms with Crippen LogP contribution in [0.15, 0.2) is 60.8 Å². The van der Waals surface area contributed by atoms with E-state index < -0.39 is 17.1 Å². The number of nitrogens with zero attached hydrogens (tertiary/aromatic N) is 4. The fourth-order valence-electron chi connectivity index (χ4n) is 9.84. The molecule has 5 aliphatic rings. The zero-order valence-corrected chi connectivity index (χ0v) is 33.2. The van der Waals surface area contributed by atoms with Gasteiger partial charge in [0, 0.05) is 29.3 Å². The first kappa shape index (κ1) is 36.1. The number of fused-ring (bicyclic) bond motifs is 6. The largest absolute Gasteiger partial charge is 0.444 e. The SMILES string of the molecule is CC(C)(C)OC(=O)N1CC2(CC2)C[C@H]1c1ncc(-c2ccc3c(c2)C(F)(F)c2cc(-c4ccc5nc([C@@H]6[C@H]7CC[C@H](C7)N6C(=O)OC(C)(C)C)[nH]c5c4)ccc2-3)[nH]1. The van der Waals surface area contributed by atoms with Crippen LogP contribution in [-0.2, 0) is 15.4 Å². The monoisotopic (exact) mass is 774 g/mol. The summed E-state index contributed by atoms with van der Waals surface area (Å²) in [6, 6.07) is 15.9. The number of likely N-dealkylation sites (tertiary alicyclic amines) is 2. The molecule has 2 amide bonds. The van der Waals surface area contributed by atoms with E-state index in [1.807, 2.05) is 76.8 Å². The van der Waals surface area contributed by atoms with E-state index in [-0.39, 0.29) is 46.9 Å². The number of aromatic amines is 2. The Hall–Kier alpha value is -5.26. The van der Waals surface area contributed by atoms with Crippen LogP contribution in [0.1, 0.15) is 115 Å². The Bertz CT molecular complexity index is 2470. The normalized spacial score (nSPS) is 24.0. The summed E-state index contributed by atoms with van der Waals surface area (Å²) in [4.78, 5) is 46.6. The predicted octanol–water partition coefficient (Wildman–Crippen LogP) is 10.7. The van der Waals surface area contributed by atoms with Gasteiger partial charge in [-0.3, -0.25) is 9.80 Å². The van der Waals surface area contributed by atoms with E-state index in [0.29, 0.717) is 46.2 Å². The quantitative estimate of drug-likeness (QED) is 0.188. The number of hydrogen-bond donors (Lipinski definition) is 2. The maximum absolute atomic E-state index is 16.5.